The summed E-state index contributed by atoms with van der Waals surface area (Å²) in [6.07, 6.45) is 6.51. The van der Waals surface area contributed by atoms with Crippen molar-refractivity contribution in [3.63, 3.8) is 0 Å². The molecule has 1 unspecified atom stereocenters. The molecule has 3 heteroatoms. The minimum absolute atomic E-state index is 0.0216. The third-order valence-electron chi connectivity index (χ3n) is 2.64. The van der Waals surface area contributed by atoms with E-state index >= 15 is 0 Å². The van der Waals surface area contributed by atoms with Gasteiger partial charge < -0.3 is 0 Å². The van der Waals surface area contributed by atoms with Crippen LogP contribution in [0.4, 0.5) is 0 Å². The highest BCUT2D eigenvalue weighted by molar-refractivity contribution is 7.98. The number of nitrogens with zero attached hydrogens (tertiary/aromatic N) is 1. The lowest BCUT2D eigenvalue weighted by Crippen LogP contribution is -1.95. The van der Waals surface area contributed by atoms with Crippen molar-refractivity contribution in [2.45, 2.75) is 16.7 Å². The second-order valence-electron chi connectivity index (χ2n) is 3.80. The summed E-state index contributed by atoms with van der Waals surface area (Å²) in [5.41, 5.74) is 2.38. The molecule has 1 heterocycles. The Kier molecular flexibility index (Phi) is 4.46. The minimum atomic E-state index is 0.0216. The van der Waals surface area contributed by atoms with Crippen molar-refractivity contribution in [3.05, 3.63) is 59.9 Å². The Hall–Kier alpha value is -0.990. The fourth-order valence-corrected chi connectivity index (χ4v) is 2.39. The van der Waals surface area contributed by atoms with Crippen LogP contribution in [0.5, 0.6) is 0 Å². The maximum absolute atomic E-state index is 6.41. The number of alkyl halides is 1. The van der Waals surface area contributed by atoms with E-state index in [-0.39, 0.29) is 5.38 Å². The van der Waals surface area contributed by atoms with Crippen molar-refractivity contribution in [2.75, 3.05) is 6.26 Å². The molecule has 2 rings (SSSR count). The fourth-order valence-electron chi connectivity index (χ4n) is 1.66. The molecular formula is C14H14ClNS. The van der Waals surface area contributed by atoms with Gasteiger partial charge in [0.1, 0.15) is 0 Å². The smallest absolute Gasteiger partial charge is 0.0625 e. The van der Waals surface area contributed by atoms with Crippen LogP contribution < -0.4 is 0 Å². The van der Waals surface area contributed by atoms with Gasteiger partial charge in [-0.15, -0.1) is 23.4 Å². The Balaban J connectivity index is 2.06. The van der Waals surface area contributed by atoms with E-state index in [1.807, 2.05) is 12.1 Å². The van der Waals surface area contributed by atoms with Gasteiger partial charge in [0.15, 0.2) is 0 Å². The highest BCUT2D eigenvalue weighted by Gasteiger charge is 2.08. The van der Waals surface area contributed by atoms with Crippen LogP contribution in [-0.2, 0) is 6.42 Å². The SMILES string of the molecule is CSc1ccc(C(Cl)Cc2ccncc2)cc1. The molecule has 0 saturated heterocycles. The van der Waals surface area contributed by atoms with E-state index < -0.39 is 0 Å². The molecule has 0 fully saturated rings. The number of thioether (sulfide) groups is 1. The fraction of sp³-hybridized carbons (Fsp3) is 0.214. The average molecular weight is 264 g/mol. The number of halogens is 1. The minimum Gasteiger partial charge on any atom is -0.265 e. The van der Waals surface area contributed by atoms with Gasteiger partial charge in [0.25, 0.3) is 0 Å². The molecule has 0 N–H and O–H groups in total. The third kappa shape index (κ3) is 3.48. The molecule has 1 aromatic carbocycles. The molecule has 0 saturated carbocycles. The van der Waals surface area contributed by atoms with Crippen molar-refractivity contribution >= 4 is 23.4 Å². The van der Waals surface area contributed by atoms with Crippen LogP contribution in [0.2, 0.25) is 0 Å². The van der Waals surface area contributed by atoms with Gasteiger partial charge in [0.05, 0.1) is 5.38 Å². The summed E-state index contributed by atoms with van der Waals surface area (Å²) < 4.78 is 0. The summed E-state index contributed by atoms with van der Waals surface area (Å²) in [7, 11) is 0. The van der Waals surface area contributed by atoms with Crippen LogP contribution in [0, 0.1) is 0 Å². The van der Waals surface area contributed by atoms with Crippen molar-refractivity contribution in [1.82, 2.24) is 4.98 Å². The zero-order valence-corrected chi connectivity index (χ0v) is 11.2. The number of rotatable bonds is 4. The number of hydrogen-bond acceptors (Lipinski definition) is 2. The Morgan fingerprint density at radius 3 is 2.35 bits per heavy atom. The van der Waals surface area contributed by atoms with Crippen LogP contribution in [0.25, 0.3) is 0 Å². The van der Waals surface area contributed by atoms with Gasteiger partial charge in [0, 0.05) is 17.3 Å². The van der Waals surface area contributed by atoms with Gasteiger partial charge in [-0.2, -0.15) is 0 Å². The topological polar surface area (TPSA) is 12.9 Å². The average Bonchev–Trinajstić information content (AvgIpc) is 2.40. The van der Waals surface area contributed by atoms with E-state index in [4.69, 9.17) is 11.6 Å². The lowest BCUT2D eigenvalue weighted by atomic mass is 10.1. The van der Waals surface area contributed by atoms with Gasteiger partial charge in [-0.05, 0) is 48.1 Å². The number of aromatic nitrogens is 1. The van der Waals surface area contributed by atoms with Crippen LogP contribution >= 0.6 is 23.4 Å². The van der Waals surface area contributed by atoms with E-state index in [2.05, 4.69) is 35.5 Å². The molecule has 1 aromatic heterocycles. The van der Waals surface area contributed by atoms with Crippen LogP contribution in [0.1, 0.15) is 16.5 Å². The normalized spacial score (nSPS) is 12.4. The molecule has 0 aliphatic rings. The number of pyridine rings is 1. The maximum atomic E-state index is 6.41. The monoisotopic (exact) mass is 263 g/mol. The van der Waals surface area contributed by atoms with Crippen LogP contribution in [0.15, 0.2) is 53.7 Å². The zero-order chi connectivity index (χ0) is 12.1. The summed E-state index contributed by atoms with van der Waals surface area (Å²) in [6, 6.07) is 12.4. The van der Waals surface area contributed by atoms with Crippen molar-refractivity contribution in [1.29, 1.82) is 0 Å². The first-order chi connectivity index (χ1) is 8.29. The number of benzene rings is 1. The molecule has 0 aliphatic heterocycles. The van der Waals surface area contributed by atoms with E-state index in [1.165, 1.54) is 16.0 Å². The molecule has 0 spiro atoms. The summed E-state index contributed by atoms with van der Waals surface area (Å²) in [5, 5.41) is 0.0216. The Morgan fingerprint density at radius 1 is 1.12 bits per heavy atom. The highest BCUT2D eigenvalue weighted by atomic mass is 35.5. The summed E-state index contributed by atoms with van der Waals surface area (Å²) >= 11 is 8.15. The largest absolute Gasteiger partial charge is 0.265 e. The quantitative estimate of drug-likeness (QED) is 0.602. The maximum Gasteiger partial charge on any atom is 0.0625 e. The van der Waals surface area contributed by atoms with Crippen molar-refractivity contribution in [3.8, 4) is 0 Å². The summed E-state index contributed by atoms with van der Waals surface area (Å²) in [4.78, 5) is 5.27. The first-order valence-corrected chi connectivity index (χ1v) is 7.12. The predicted octanol–water partition coefficient (Wildman–Crippen LogP) is 4.33. The van der Waals surface area contributed by atoms with Crippen LogP contribution in [-0.4, -0.2) is 11.2 Å². The predicted molar refractivity (Wildman–Crippen MR) is 74.8 cm³/mol. The third-order valence-corrected chi connectivity index (χ3v) is 3.79. The molecule has 1 nitrogen and oxygen atoms in total. The lowest BCUT2D eigenvalue weighted by molar-refractivity contribution is 0.914. The second-order valence-corrected chi connectivity index (χ2v) is 5.21. The number of hydrogen-bond donors (Lipinski definition) is 0. The zero-order valence-electron chi connectivity index (χ0n) is 9.64. The van der Waals surface area contributed by atoms with E-state index in [9.17, 15) is 0 Å². The van der Waals surface area contributed by atoms with Gasteiger partial charge in [-0.3, -0.25) is 4.98 Å². The Labute approximate surface area is 111 Å². The van der Waals surface area contributed by atoms with Crippen molar-refractivity contribution in [2.24, 2.45) is 0 Å². The van der Waals surface area contributed by atoms with Gasteiger partial charge in [-0.1, -0.05) is 12.1 Å². The van der Waals surface area contributed by atoms with Gasteiger partial charge in [0.2, 0.25) is 0 Å². The summed E-state index contributed by atoms with van der Waals surface area (Å²) in [6.45, 7) is 0. The molecule has 17 heavy (non-hydrogen) atoms. The molecule has 88 valence electrons. The van der Waals surface area contributed by atoms with E-state index in [0.29, 0.717) is 0 Å². The molecule has 2 aromatic rings. The highest BCUT2D eigenvalue weighted by Crippen LogP contribution is 2.26. The molecule has 0 aliphatic carbocycles. The van der Waals surface area contributed by atoms with E-state index in [1.54, 1.807) is 24.2 Å². The first kappa shape index (κ1) is 12.5. The van der Waals surface area contributed by atoms with Gasteiger partial charge in [-0.25, -0.2) is 0 Å². The second kappa shape index (κ2) is 6.08. The Bertz CT molecular complexity index is 455. The molecule has 0 amide bonds. The summed E-state index contributed by atoms with van der Waals surface area (Å²) in [5.74, 6) is 0. The molecular weight excluding hydrogens is 250 g/mol. The van der Waals surface area contributed by atoms with Gasteiger partial charge >= 0.3 is 0 Å². The molecule has 0 bridgehead atoms. The van der Waals surface area contributed by atoms with Crippen LogP contribution in [0.3, 0.4) is 0 Å². The standard InChI is InChI=1S/C14H14ClNS/c1-17-13-4-2-12(3-5-13)14(15)10-11-6-8-16-9-7-11/h2-9,14H,10H2,1H3. The van der Waals surface area contributed by atoms with Crippen molar-refractivity contribution < 1.29 is 0 Å². The Morgan fingerprint density at radius 2 is 1.76 bits per heavy atom. The van der Waals surface area contributed by atoms with E-state index in [0.717, 1.165) is 6.42 Å². The lowest BCUT2D eigenvalue weighted by Gasteiger charge is -2.10. The molecule has 1 atom stereocenters. The molecule has 0 radical (unpaired) electrons. The first-order valence-electron chi connectivity index (χ1n) is 5.46.